The average molecular weight is 290 g/mol. The number of aryl methyl sites for hydroxylation is 1. The summed E-state index contributed by atoms with van der Waals surface area (Å²) in [6, 6.07) is 0. The number of nitrogens with zero attached hydrogens (tertiary/aromatic N) is 3. The van der Waals surface area contributed by atoms with Gasteiger partial charge in [0.2, 0.25) is 0 Å². The van der Waals surface area contributed by atoms with Gasteiger partial charge in [0.1, 0.15) is 5.82 Å². The van der Waals surface area contributed by atoms with Crippen molar-refractivity contribution in [1.82, 2.24) is 15.0 Å². The summed E-state index contributed by atoms with van der Waals surface area (Å²) >= 11 is 0. The van der Waals surface area contributed by atoms with Gasteiger partial charge >= 0.3 is 5.69 Å². The highest BCUT2D eigenvalue weighted by Crippen LogP contribution is 2.27. The summed E-state index contributed by atoms with van der Waals surface area (Å²) in [4.78, 5) is 24.5. The fraction of sp³-hybridized carbons (Fsp3) is 0.533. The maximum absolute atomic E-state index is 14.2. The number of aromatic nitrogens is 3. The number of aromatic amines is 1. The van der Waals surface area contributed by atoms with Crippen molar-refractivity contribution in [3.8, 4) is 0 Å². The number of nitrogens with one attached hydrogen (secondary N) is 1. The van der Waals surface area contributed by atoms with Crippen molar-refractivity contribution in [3.05, 3.63) is 28.2 Å². The number of pyridine rings is 1. The van der Waals surface area contributed by atoms with Gasteiger partial charge in [-0.15, -0.1) is 0 Å². The number of rotatable bonds is 1. The second kappa shape index (κ2) is 5.42. The van der Waals surface area contributed by atoms with Gasteiger partial charge in [-0.25, -0.2) is 9.18 Å². The third-order valence-corrected chi connectivity index (χ3v) is 4.08. The Morgan fingerprint density at radius 2 is 2.24 bits per heavy atom. The van der Waals surface area contributed by atoms with Gasteiger partial charge in [-0.1, -0.05) is 13.3 Å². The second-order valence-electron chi connectivity index (χ2n) is 5.86. The maximum Gasteiger partial charge on any atom is 0.347 e. The molecule has 112 valence electrons. The van der Waals surface area contributed by atoms with Crippen LogP contribution in [0.1, 0.15) is 31.9 Å². The molecule has 0 radical (unpaired) electrons. The standard InChI is InChI=1S/C15H19FN4O/c1-9-5-3-4-6-20(8-9)14-11-7-17-10(2)12(16)13(11)18-15(21)19-14/h7,9H,3-6,8H2,1-2H3,(H,18,19,21). The molecule has 1 unspecified atom stereocenters. The first kappa shape index (κ1) is 14.0. The molecule has 1 fully saturated rings. The molecule has 21 heavy (non-hydrogen) atoms. The summed E-state index contributed by atoms with van der Waals surface area (Å²) in [6.07, 6.45) is 5.00. The molecule has 2 aromatic heterocycles. The van der Waals surface area contributed by atoms with Gasteiger partial charge in [0.15, 0.2) is 5.82 Å². The molecule has 1 aliphatic rings. The first-order chi connectivity index (χ1) is 10.1. The summed E-state index contributed by atoms with van der Waals surface area (Å²) < 4.78 is 14.2. The minimum absolute atomic E-state index is 0.203. The number of anilines is 1. The minimum atomic E-state index is -0.515. The van der Waals surface area contributed by atoms with Crippen molar-refractivity contribution < 1.29 is 4.39 Å². The van der Waals surface area contributed by atoms with Crippen LogP contribution in [0.4, 0.5) is 10.2 Å². The van der Waals surface area contributed by atoms with E-state index in [9.17, 15) is 9.18 Å². The van der Waals surface area contributed by atoms with Crippen LogP contribution in [0.25, 0.3) is 10.9 Å². The minimum Gasteiger partial charge on any atom is -0.356 e. The van der Waals surface area contributed by atoms with Crippen molar-refractivity contribution in [2.24, 2.45) is 5.92 Å². The van der Waals surface area contributed by atoms with Crippen molar-refractivity contribution in [2.75, 3.05) is 18.0 Å². The lowest BCUT2D eigenvalue weighted by Crippen LogP contribution is -2.30. The van der Waals surface area contributed by atoms with E-state index in [1.54, 1.807) is 13.1 Å². The van der Waals surface area contributed by atoms with Crippen molar-refractivity contribution in [3.63, 3.8) is 0 Å². The van der Waals surface area contributed by atoms with Gasteiger partial charge in [-0.05, 0) is 25.7 Å². The van der Waals surface area contributed by atoms with E-state index in [0.29, 0.717) is 17.1 Å². The van der Waals surface area contributed by atoms with Crippen molar-refractivity contribution in [1.29, 1.82) is 0 Å². The zero-order valence-corrected chi connectivity index (χ0v) is 12.3. The molecule has 5 nitrogen and oxygen atoms in total. The smallest absolute Gasteiger partial charge is 0.347 e. The molecule has 0 amide bonds. The van der Waals surface area contributed by atoms with E-state index in [1.165, 1.54) is 12.8 Å². The van der Waals surface area contributed by atoms with Gasteiger partial charge < -0.3 is 9.88 Å². The lowest BCUT2D eigenvalue weighted by atomic mass is 10.1. The van der Waals surface area contributed by atoms with Crippen molar-refractivity contribution in [2.45, 2.75) is 33.1 Å². The second-order valence-corrected chi connectivity index (χ2v) is 5.86. The van der Waals surface area contributed by atoms with Gasteiger partial charge in [-0.2, -0.15) is 4.98 Å². The van der Waals surface area contributed by atoms with E-state index >= 15 is 0 Å². The largest absolute Gasteiger partial charge is 0.356 e. The first-order valence-electron chi connectivity index (χ1n) is 7.36. The van der Waals surface area contributed by atoms with Crippen LogP contribution in [0.5, 0.6) is 0 Å². The van der Waals surface area contributed by atoms with Crippen LogP contribution < -0.4 is 10.6 Å². The Morgan fingerprint density at radius 3 is 3.05 bits per heavy atom. The Morgan fingerprint density at radius 1 is 1.43 bits per heavy atom. The van der Waals surface area contributed by atoms with Crippen LogP contribution in [0.3, 0.4) is 0 Å². The Bertz CT molecular complexity index is 727. The molecule has 1 saturated heterocycles. The summed E-state index contributed by atoms with van der Waals surface area (Å²) in [5.74, 6) is 0.608. The lowest BCUT2D eigenvalue weighted by molar-refractivity contribution is 0.544. The van der Waals surface area contributed by atoms with E-state index < -0.39 is 11.5 Å². The SMILES string of the molecule is Cc1ncc2c(N3CCCCC(C)C3)nc(=O)[nH]c2c1F. The quantitative estimate of drug-likeness (QED) is 0.876. The zero-order chi connectivity index (χ0) is 15.0. The van der Waals surface area contributed by atoms with Crippen LogP contribution >= 0.6 is 0 Å². The first-order valence-corrected chi connectivity index (χ1v) is 7.36. The Kier molecular flexibility index (Phi) is 3.61. The third-order valence-electron chi connectivity index (χ3n) is 4.08. The molecule has 0 aliphatic carbocycles. The number of fused-ring (bicyclic) bond motifs is 1. The van der Waals surface area contributed by atoms with Crippen LogP contribution in [0.2, 0.25) is 0 Å². The fourth-order valence-corrected chi connectivity index (χ4v) is 2.95. The zero-order valence-electron chi connectivity index (χ0n) is 12.3. The Balaban J connectivity index is 2.17. The maximum atomic E-state index is 14.2. The summed E-state index contributed by atoms with van der Waals surface area (Å²) in [5, 5.41) is 0.576. The summed E-state index contributed by atoms with van der Waals surface area (Å²) in [6.45, 7) is 5.45. The van der Waals surface area contributed by atoms with Crippen LogP contribution in [-0.2, 0) is 0 Å². The third kappa shape index (κ3) is 2.62. The molecule has 0 saturated carbocycles. The van der Waals surface area contributed by atoms with Crippen molar-refractivity contribution >= 4 is 16.7 Å². The highest BCUT2D eigenvalue weighted by Gasteiger charge is 2.20. The van der Waals surface area contributed by atoms with E-state index in [0.717, 1.165) is 19.5 Å². The predicted octanol–water partition coefficient (Wildman–Crippen LogP) is 2.39. The molecule has 3 heterocycles. The molecular formula is C15H19FN4O. The highest BCUT2D eigenvalue weighted by molar-refractivity contribution is 5.89. The summed E-state index contributed by atoms with van der Waals surface area (Å²) in [5.41, 5.74) is -0.0344. The molecule has 1 N–H and O–H groups in total. The summed E-state index contributed by atoms with van der Waals surface area (Å²) in [7, 11) is 0. The van der Waals surface area contributed by atoms with Gasteiger partial charge in [0.05, 0.1) is 16.6 Å². The number of hydrogen-bond donors (Lipinski definition) is 1. The van der Waals surface area contributed by atoms with E-state index in [1.807, 2.05) is 0 Å². The number of hydrogen-bond acceptors (Lipinski definition) is 4. The lowest BCUT2D eigenvalue weighted by Gasteiger charge is -2.24. The van der Waals surface area contributed by atoms with Gasteiger partial charge in [0.25, 0.3) is 0 Å². The molecule has 0 aromatic carbocycles. The number of H-pyrrole nitrogens is 1. The van der Waals surface area contributed by atoms with Crippen LogP contribution in [-0.4, -0.2) is 28.0 Å². The molecule has 3 rings (SSSR count). The fourth-order valence-electron chi connectivity index (χ4n) is 2.95. The number of halogens is 1. The van der Waals surface area contributed by atoms with Crippen LogP contribution in [0.15, 0.2) is 11.0 Å². The van der Waals surface area contributed by atoms with Gasteiger partial charge in [0, 0.05) is 19.3 Å². The highest BCUT2D eigenvalue weighted by atomic mass is 19.1. The average Bonchev–Trinajstić information content (AvgIpc) is 2.67. The topological polar surface area (TPSA) is 61.9 Å². The normalized spacial score (nSPS) is 19.8. The molecular weight excluding hydrogens is 271 g/mol. The Hall–Kier alpha value is -1.98. The van der Waals surface area contributed by atoms with Crippen LogP contribution in [0, 0.1) is 18.7 Å². The van der Waals surface area contributed by atoms with Gasteiger partial charge in [-0.3, -0.25) is 4.98 Å². The molecule has 1 aliphatic heterocycles. The predicted molar refractivity (Wildman–Crippen MR) is 80.1 cm³/mol. The molecule has 6 heteroatoms. The Labute approximate surface area is 122 Å². The molecule has 0 spiro atoms. The van der Waals surface area contributed by atoms with E-state index in [-0.39, 0.29) is 11.2 Å². The van der Waals surface area contributed by atoms with E-state index in [2.05, 4.69) is 26.8 Å². The molecule has 0 bridgehead atoms. The van der Waals surface area contributed by atoms with E-state index in [4.69, 9.17) is 0 Å². The molecule has 1 atom stereocenters. The molecule has 2 aromatic rings. The monoisotopic (exact) mass is 290 g/mol.